The molecule has 1 rings (SSSR count). The number of hydrogen-bond donors (Lipinski definition) is 3. The Morgan fingerprint density at radius 2 is 1.83 bits per heavy atom. The van der Waals surface area contributed by atoms with Crippen LogP contribution in [0.25, 0.3) is 0 Å². The highest BCUT2D eigenvalue weighted by molar-refractivity contribution is 5.76. The number of aliphatic hydroxyl groups is 2. The Labute approximate surface area is 104 Å². The molecule has 5 atom stereocenters. The van der Waals surface area contributed by atoms with Crippen molar-refractivity contribution in [2.45, 2.75) is 37.6 Å². The summed E-state index contributed by atoms with van der Waals surface area (Å²) in [6, 6.07) is -0.969. The Morgan fingerprint density at radius 1 is 1.22 bits per heavy atom. The highest BCUT2D eigenvalue weighted by Crippen LogP contribution is 2.22. The first-order valence-corrected chi connectivity index (χ1v) is 5.31. The van der Waals surface area contributed by atoms with Crippen LogP contribution >= 0.6 is 0 Å². The smallest absolute Gasteiger partial charge is 0.337 e. The lowest BCUT2D eigenvalue weighted by atomic mass is 9.96. The SMILES string of the molecule is COC(=O)[C@H]1O[C@@H](OC)[C@H](NC(C)=O)[C@@H](O)[C@@H]1O. The molecule has 0 saturated carbocycles. The molecule has 0 aromatic rings. The second-order valence-corrected chi connectivity index (χ2v) is 3.89. The molecular weight excluding hydrogens is 246 g/mol. The van der Waals surface area contributed by atoms with Crippen molar-refractivity contribution in [1.29, 1.82) is 0 Å². The van der Waals surface area contributed by atoms with Gasteiger partial charge in [0.05, 0.1) is 7.11 Å². The number of methoxy groups -OCH3 is 2. The van der Waals surface area contributed by atoms with E-state index in [2.05, 4.69) is 10.1 Å². The van der Waals surface area contributed by atoms with Crippen LogP contribution < -0.4 is 5.32 Å². The Kier molecular flexibility index (Phi) is 5.03. The summed E-state index contributed by atoms with van der Waals surface area (Å²) >= 11 is 0. The third kappa shape index (κ3) is 2.96. The molecule has 8 nitrogen and oxygen atoms in total. The van der Waals surface area contributed by atoms with E-state index in [1.54, 1.807) is 0 Å². The van der Waals surface area contributed by atoms with E-state index in [1.165, 1.54) is 14.0 Å². The average molecular weight is 263 g/mol. The number of esters is 1. The summed E-state index contributed by atoms with van der Waals surface area (Å²) in [5, 5.41) is 22.0. The Morgan fingerprint density at radius 3 is 2.28 bits per heavy atom. The van der Waals surface area contributed by atoms with E-state index in [0.717, 1.165) is 7.11 Å². The molecule has 1 amide bonds. The summed E-state index contributed by atoms with van der Waals surface area (Å²) in [5.41, 5.74) is 0. The Balaban J connectivity index is 2.87. The van der Waals surface area contributed by atoms with Crippen LogP contribution in [0.15, 0.2) is 0 Å². The second kappa shape index (κ2) is 6.10. The van der Waals surface area contributed by atoms with Gasteiger partial charge in [0.25, 0.3) is 0 Å². The number of rotatable bonds is 3. The van der Waals surface area contributed by atoms with Crippen LogP contribution in [0, 0.1) is 0 Å². The number of amides is 1. The standard InChI is InChI=1S/C10H17NO7/c1-4(12)11-5-6(13)7(14)8(9(15)16-2)18-10(5)17-3/h5-8,10,13-14H,1-3H3,(H,11,12)/t5-,6-,7+,8+,10-/m1/s1. The third-order valence-corrected chi connectivity index (χ3v) is 2.64. The molecule has 0 aromatic carbocycles. The van der Waals surface area contributed by atoms with Crippen LogP contribution in [-0.2, 0) is 23.8 Å². The van der Waals surface area contributed by atoms with Crippen LogP contribution in [0.1, 0.15) is 6.92 Å². The number of carbonyl (C=O) groups excluding carboxylic acids is 2. The Hall–Kier alpha value is -1.22. The van der Waals surface area contributed by atoms with Gasteiger partial charge < -0.3 is 29.7 Å². The summed E-state index contributed by atoms with van der Waals surface area (Å²) in [6.45, 7) is 1.25. The zero-order valence-corrected chi connectivity index (χ0v) is 10.3. The van der Waals surface area contributed by atoms with E-state index in [-0.39, 0.29) is 0 Å². The van der Waals surface area contributed by atoms with E-state index in [1.807, 2.05) is 0 Å². The lowest BCUT2D eigenvalue weighted by molar-refractivity contribution is -0.258. The van der Waals surface area contributed by atoms with Gasteiger partial charge >= 0.3 is 5.97 Å². The number of nitrogens with one attached hydrogen (secondary N) is 1. The van der Waals surface area contributed by atoms with Gasteiger partial charge in [0.15, 0.2) is 12.4 Å². The van der Waals surface area contributed by atoms with E-state index >= 15 is 0 Å². The molecule has 18 heavy (non-hydrogen) atoms. The summed E-state index contributed by atoms with van der Waals surface area (Å²) in [4.78, 5) is 22.3. The highest BCUT2D eigenvalue weighted by Gasteiger charge is 2.48. The molecule has 0 aliphatic carbocycles. The van der Waals surface area contributed by atoms with Gasteiger partial charge in [0.1, 0.15) is 18.2 Å². The van der Waals surface area contributed by atoms with Gasteiger partial charge in [0.2, 0.25) is 5.91 Å². The summed E-state index contributed by atoms with van der Waals surface area (Å²) < 4.78 is 14.5. The Bertz CT molecular complexity index is 319. The topological polar surface area (TPSA) is 114 Å². The minimum Gasteiger partial charge on any atom is -0.467 e. The van der Waals surface area contributed by atoms with E-state index < -0.39 is 42.5 Å². The van der Waals surface area contributed by atoms with Crippen molar-refractivity contribution >= 4 is 11.9 Å². The monoisotopic (exact) mass is 263 g/mol. The van der Waals surface area contributed by atoms with Gasteiger partial charge in [-0.05, 0) is 0 Å². The first-order valence-electron chi connectivity index (χ1n) is 5.31. The van der Waals surface area contributed by atoms with E-state index in [0.29, 0.717) is 0 Å². The first-order chi connectivity index (χ1) is 8.42. The maximum absolute atomic E-state index is 11.4. The molecule has 8 heteroatoms. The van der Waals surface area contributed by atoms with Crippen molar-refractivity contribution in [2.75, 3.05) is 14.2 Å². The van der Waals surface area contributed by atoms with E-state index in [9.17, 15) is 19.8 Å². The second-order valence-electron chi connectivity index (χ2n) is 3.89. The van der Waals surface area contributed by atoms with Gasteiger partial charge in [-0.25, -0.2) is 4.79 Å². The minimum atomic E-state index is -1.51. The van der Waals surface area contributed by atoms with Crippen LogP contribution in [0.2, 0.25) is 0 Å². The maximum atomic E-state index is 11.4. The van der Waals surface area contributed by atoms with Crippen LogP contribution in [-0.4, -0.2) is 67.0 Å². The van der Waals surface area contributed by atoms with Crippen LogP contribution in [0.3, 0.4) is 0 Å². The molecular formula is C10H17NO7. The maximum Gasteiger partial charge on any atom is 0.337 e. The fourth-order valence-electron chi connectivity index (χ4n) is 1.76. The number of ether oxygens (including phenoxy) is 3. The molecule has 1 saturated heterocycles. The molecule has 0 unspecified atom stereocenters. The van der Waals surface area contributed by atoms with Crippen molar-refractivity contribution in [3.63, 3.8) is 0 Å². The number of aliphatic hydroxyl groups excluding tert-OH is 2. The first kappa shape index (κ1) is 14.8. The zero-order chi connectivity index (χ0) is 13.9. The van der Waals surface area contributed by atoms with Gasteiger partial charge in [-0.2, -0.15) is 0 Å². The molecule has 1 aliphatic rings. The largest absolute Gasteiger partial charge is 0.467 e. The van der Waals surface area contributed by atoms with Crippen molar-refractivity contribution in [2.24, 2.45) is 0 Å². The molecule has 0 spiro atoms. The molecule has 0 aromatic heterocycles. The predicted molar refractivity (Wildman–Crippen MR) is 57.3 cm³/mol. The fourth-order valence-corrected chi connectivity index (χ4v) is 1.76. The van der Waals surface area contributed by atoms with Gasteiger partial charge in [-0.1, -0.05) is 0 Å². The van der Waals surface area contributed by atoms with Crippen LogP contribution in [0.5, 0.6) is 0 Å². The third-order valence-electron chi connectivity index (χ3n) is 2.64. The normalized spacial score (nSPS) is 35.9. The van der Waals surface area contributed by atoms with Gasteiger partial charge in [-0.3, -0.25) is 4.79 Å². The molecule has 1 aliphatic heterocycles. The number of hydrogen-bond acceptors (Lipinski definition) is 7. The average Bonchev–Trinajstić information content (AvgIpc) is 2.34. The van der Waals surface area contributed by atoms with Crippen molar-refractivity contribution < 1.29 is 34.0 Å². The summed E-state index contributed by atoms with van der Waals surface area (Å²) in [7, 11) is 2.42. The minimum absolute atomic E-state index is 0.423. The summed E-state index contributed by atoms with van der Waals surface area (Å²) in [5.74, 6) is -1.25. The molecule has 1 fully saturated rings. The van der Waals surface area contributed by atoms with Gasteiger partial charge in [-0.15, -0.1) is 0 Å². The van der Waals surface area contributed by atoms with Crippen molar-refractivity contribution in [1.82, 2.24) is 5.32 Å². The number of carbonyl (C=O) groups is 2. The van der Waals surface area contributed by atoms with E-state index in [4.69, 9.17) is 9.47 Å². The zero-order valence-electron chi connectivity index (χ0n) is 10.3. The molecule has 3 N–H and O–H groups in total. The highest BCUT2D eigenvalue weighted by atomic mass is 16.7. The van der Waals surface area contributed by atoms with Gasteiger partial charge in [0, 0.05) is 14.0 Å². The summed E-state index contributed by atoms with van der Waals surface area (Å²) in [6.07, 6.45) is -5.34. The predicted octanol–water partition coefficient (Wildman–Crippen LogP) is -2.24. The molecule has 1 heterocycles. The quantitative estimate of drug-likeness (QED) is 0.493. The molecule has 0 radical (unpaired) electrons. The molecule has 104 valence electrons. The lowest BCUT2D eigenvalue weighted by Crippen LogP contribution is -2.65. The van der Waals surface area contributed by atoms with Crippen molar-refractivity contribution in [3.05, 3.63) is 0 Å². The van der Waals surface area contributed by atoms with Crippen LogP contribution in [0.4, 0.5) is 0 Å². The fraction of sp³-hybridized carbons (Fsp3) is 0.800. The van der Waals surface area contributed by atoms with Crippen molar-refractivity contribution in [3.8, 4) is 0 Å². The molecule has 0 bridgehead atoms. The lowest BCUT2D eigenvalue weighted by Gasteiger charge is -2.40.